The number of carbonyl (C=O) groups is 1. The molecule has 5 nitrogen and oxygen atoms in total. The summed E-state index contributed by atoms with van der Waals surface area (Å²) < 4.78 is 0. The molecule has 0 bridgehead atoms. The number of hydrogen-bond acceptors (Lipinski definition) is 5. The van der Waals surface area contributed by atoms with Crippen molar-refractivity contribution in [1.29, 1.82) is 0 Å². The van der Waals surface area contributed by atoms with Crippen LogP contribution in [0.1, 0.15) is 61.1 Å². The Morgan fingerprint density at radius 3 is 2.58 bits per heavy atom. The average Bonchev–Trinajstić information content (AvgIpc) is 2.92. The van der Waals surface area contributed by atoms with Gasteiger partial charge in [-0.1, -0.05) is 30.6 Å². The van der Waals surface area contributed by atoms with Crippen LogP contribution in [0.4, 0.5) is 11.6 Å². The van der Waals surface area contributed by atoms with Gasteiger partial charge in [0, 0.05) is 19.3 Å². The molecule has 26 heavy (non-hydrogen) atoms. The Kier molecular flexibility index (Phi) is 5.66. The molecule has 2 aromatic rings. The van der Waals surface area contributed by atoms with Crippen LogP contribution in [0.3, 0.4) is 0 Å². The standard InChI is InChI=1S/C21H26N4O/c1-15(2)12-16-13-17(21(22)23-14-16)20(26)18-8-7-9-19(24-18)25-10-5-3-4-6-11-25/h7-9,12-14H,3-6,10-11H2,1-2H3,(H2,22,23). The highest BCUT2D eigenvalue weighted by molar-refractivity contribution is 6.10. The lowest BCUT2D eigenvalue weighted by Crippen LogP contribution is -2.25. The van der Waals surface area contributed by atoms with E-state index in [-0.39, 0.29) is 11.6 Å². The Hall–Kier alpha value is -2.69. The van der Waals surface area contributed by atoms with Gasteiger partial charge in [-0.2, -0.15) is 0 Å². The Labute approximate surface area is 155 Å². The average molecular weight is 350 g/mol. The number of nitrogens with two attached hydrogens (primary N) is 1. The first-order valence-corrected chi connectivity index (χ1v) is 9.22. The van der Waals surface area contributed by atoms with Gasteiger partial charge in [-0.05, 0) is 50.5 Å². The van der Waals surface area contributed by atoms with E-state index in [2.05, 4.69) is 14.9 Å². The molecule has 0 spiro atoms. The van der Waals surface area contributed by atoms with E-state index in [1.54, 1.807) is 18.3 Å². The van der Waals surface area contributed by atoms with Crippen molar-refractivity contribution in [3.05, 3.63) is 52.9 Å². The van der Waals surface area contributed by atoms with Gasteiger partial charge in [0.15, 0.2) is 0 Å². The van der Waals surface area contributed by atoms with Gasteiger partial charge in [0.1, 0.15) is 17.3 Å². The molecule has 0 amide bonds. The minimum Gasteiger partial charge on any atom is -0.383 e. The molecule has 136 valence electrons. The maximum Gasteiger partial charge on any atom is 0.215 e. The zero-order valence-corrected chi connectivity index (χ0v) is 15.5. The number of carbonyl (C=O) groups excluding carboxylic acids is 1. The van der Waals surface area contributed by atoms with Gasteiger partial charge in [0.05, 0.1) is 5.56 Å². The maximum atomic E-state index is 13.0. The third-order valence-electron chi connectivity index (χ3n) is 4.54. The van der Waals surface area contributed by atoms with Crippen LogP contribution in [0.5, 0.6) is 0 Å². The molecule has 5 heteroatoms. The Morgan fingerprint density at radius 1 is 1.15 bits per heavy atom. The molecule has 2 N–H and O–H groups in total. The van der Waals surface area contributed by atoms with Crippen molar-refractivity contribution < 1.29 is 4.79 Å². The van der Waals surface area contributed by atoms with E-state index in [1.807, 2.05) is 32.1 Å². The van der Waals surface area contributed by atoms with E-state index in [1.165, 1.54) is 25.7 Å². The second-order valence-electron chi connectivity index (χ2n) is 7.03. The van der Waals surface area contributed by atoms with E-state index in [0.29, 0.717) is 11.3 Å². The number of ketones is 1. The fraction of sp³-hybridized carbons (Fsp3) is 0.381. The van der Waals surface area contributed by atoms with E-state index < -0.39 is 0 Å². The monoisotopic (exact) mass is 350 g/mol. The summed E-state index contributed by atoms with van der Waals surface area (Å²) in [6.07, 6.45) is 8.51. The van der Waals surface area contributed by atoms with Crippen molar-refractivity contribution >= 4 is 23.5 Å². The predicted octanol–water partition coefficient (Wildman–Crippen LogP) is 4.09. The molecule has 1 aliphatic rings. The number of nitrogens with zero attached hydrogens (tertiary/aromatic N) is 3. The lowest BCUT2D eigenvalue weighted by atomic mass is 10.1. The van der Waals surface area contributed by atoms with Crippen LogP contribution >= 0.6 is 0 Å². The molecule has 0 saturated carbocycles. The Morgan fingerprint density at radius 2 is 1.88 bits per heavy atom. The van der Waals surface area contributed by atoms with Crippen molar-refractivity contribution in [3.8, 4) is 0 Å². The number of allylic oxidation sites excluding steroid dienone is 1. The minimum atomic E-state index is -0.185. The van der Waals surface area contributed by atoms with Crippen LogP contribution in [0.2, 0.25) is 0 Å². The van der Waals surface area contributed by atoms with E-state index >= 15 is 0 Å². The molecule has 0 radical (unpaired) electrons. The smallest absolute Gasteiger partial charge is 0.215 e. The van der Waals surface area contributed by atoms with Gasteiger partial charge in [-0.25, -0.2) is 9.97 Å². The fourth-order valence-electron chi connectivity index (χ4n) is 3.25. The predicted molar refractivity (Wildman–Crippen MR) is 106 cm³/mol. The van der Waals surface area contributed by atoms with Crippen LogP contribution in [-0.4, -0.2) is 28.8 Å². The second-order valence-corrected chi connectivity index (χ2v) is 7.03. The minimum absolute atomic E-state index is 0.185. The summed E-state index contributed by atoms with van der Waals surface area (Å²) >= 11 is 0. The molecule has 0 unspecified atom stereocenters. The summed E-state index contributed by atoms with van der Waals surface area (Å²) in [6, 6.07) is 7.40. The van der Waals surface area contributed by atoms with Gasteiger partial charge in [0.25, 0.3) is 0 Å². The first kappa shape index (κ1) is 18.1. The van der Waals surface area contributed by atoms with Crippen LogP contribution < -0.4 is 10.6 Å². The number of nitrogen functional groups attached to an aromatic ring is 1. The van der Waals surface area contributed by atoms with Crippen LogP contribution in [0.15, 0.2) is 36.0 Å². The zero-order valence-electron chi connectivity index (χ0n) is 15.5. The van der Waals surface area contributed by atoms with Crippen molar-refractivity contribution in [3.63, 3.8) is 0 Å². The molecule has 3 heterocycles. The van der Waals surface area contributed by atoms with Gasteiger partial charge in [-0.3, -0.25) is 4.79 Å². The number of pyridine rings is 2. The largest absolute Gasteiger partial charge is 0.383 e. The van der Waals surface area contributed by atoms with Crippen molar-refractivity contribution in [1.82, 2.24) is 9.97 Å². The highest BCUT2D eigenvalue weighted by Crippen LogP contribution is 2.21. The molecular formula is C21H26N4O. The summed E-state index contributed by atoms with van der Waals surface area (Å²) in [7, 11) is 0. The SMILES string of the molecule is CC(C)=Cc1cnc(N)c(C(=O)c2cccc(N3CCCCCC3)n2)c1. The normalized spacial score (nSPS) is 14.6. The van der Waals surface area contributed by atoms with Gasteiger partial charge in [-0.15, -0.1) is 0 Å². The van der Waals surface area contributed by atoms with E-state index in [4.69, 9.17) is 5.73 Å². The molecule has 2 aromatic heterocycles. The van der Waals surface area contributed by atoms with Crippen LogP contribution in [-0.2, 0) is 0 Å². The number of aromatic nitrogens is 2. The highest BCUT2D eigenvalue weighted by atomic mass is 16.1. The summed E-state index contributed by atoms with van der Waals surface area (Å²) in [6.45, 7) is 5.99. The second kappa shape index (κ2) is 8.13. The quantitative estimate of drug-likeness (QED) is 0.841. The van der Waals surface area contributed by atoms with Gasteiger partial charge in [0.2, 0.25) is 5.78 Å². The topological polar surface area (TPSA) is 72.1 Å². The number of anilines is 2. The van der Waals surface area contributed by atoms with E-state index in [0.717, 1.165) is 30.0 Å². The molecule has 0 atom stereocenters. The summed E-state index contributed by atoms with van der Waals surface area (Å²) in [5.41, 5.74) is 8.79. The van der Waals surface area contributed by atoms with Crippen molar-refractivity contribution in [2.45, 2.75) is 39.5 Å². The maximum absolute atomic E-state index is 13.0. The summed E-state index contributed by atoms with van der Waals surface area (Å²) in [4.78, 5) is 24.1. The first-order valence-electron chi connectivity index (χ1n) is 9.22. The lowest BCUT2D eigenvalue weighted by molar-refractivity contribution is 0.103. The molecule has 0 aromatic carbocycles. The van der Waals surface area contributed by atoms with Crippen molar-refractivity contribution in [2.75, 3.05) is 23.7 Å². The molecule has 1 aliphatic heterocycles. The molecule has 1 fully saturated rings. The summed E-state index contributed by atoms with van der Waals surface area (Å²) in [5.74, 6) is 0.920. The zero-order chi connectivity index (χ0) is 18.5. The van der Waals surface area contributed by atoms with Gasteiger partial charge >= 0.3 is 0 Å². The first-order chi connectivity index (χ1) is 12.5. The Bertz CT molecular complexity index is 817. The molecular weight excluding hydrogens is 324 g/mol. The van der Waals surface area contributed by atoms with Gasteiger partial charge < -0.3 is 10.6 Å². The van der Waals surface area contributed by atoms with Crippen molar-refractivity contribution in [2.24, 2.45) is 0 Å². The Balaban J connectivity index is 1.90. The molecule has 1 saturated heterocycles. The van der Waals surface area contributed by atoms with Crippen LogP contribution in [0, 0.1) is 0 Å². The fourth-order valence-corrected chi connectivity index (χ4v) is 3.25. The van der Waals surface area contributed by atoms with E-state index in [9.17, 15) is 4.79 Å². The number of rotatable bonds is 4. The third kappa shape index (κ3) is 4.28. The summed E-state index contributed by atoms with van der Waals surface area (Å²) in [5, 5.41) is 0. The molecule has 3 rings (SSSR count). The molecule has 0 aliphatic carbocycles. The lowest BCUT2D eigenvalue weighted by Gasteiger charge is -2.21. The highest BCUT2D eigenvalue weighted by Gasteiger charge is 2.18. The van der Waals surface area contributed by atoms with Crippen LogP contribution in [0.25, 0.3) is 6.08 Å². The third-order valence-corrected chi connectivity index (χ3v) is 4.54. The number of hydrogen-bond donors (Lipinski definition) is 1.